The van der Waals surface area contributed by atoms with Gasteiger partial charge in [0.05, 0.1) is 22.2 Å². The lowest BCUT2D eigenvalue weighted by atomic mass is 10.1. The molecule has 3 N–H and O–H groups in total. The molecule has 0 radical (unpaired) electrons. The number of nitrogens with two attached hydrogens (primary N) is 1. The maximum Gasteiger partial charge on any atom is 0.321 e. The summed E-state index contributed by atoms with van der Waals surface area (Å²) in [7, 11) is -2.33. The number of halogens is 1. The largest absolute Gasteiger partial charge is 0.361 e. The first-order valence-corrected chi connectivity index (χ1v) is 9.30. The Kier molecular flexibility index (Phi) is 5.71. The second-order valence-electron chi connectivity index (χ2n) is 5.85. The van der Waals surface area contributed by atoms with Crippen LogP contribution in [0, 0.1) is 0 Å². The molecule has 8 nitrogen and oxygen atoms in total. The number of aromatic nitrogens is 1. The van der Waals surface area contributed by atoms with Crippen LogP contribution in [-0.4, -0.2) is 31.6 Å². The van der Waals surface area contributed by atoms with Gasteiger partial charge >= 0.3 is 6.03 Å². The quantitative estimate of drug-likeness (QED) is 0.818. The van der Waals surface area contributed by atoms with E-state index in [0.29, 0.717) is 5.69 Å². The van der Waals surface area contributed by atoms with Crippen molar-refractivity contribution in [1.82, 2.24) is 10.1 Å². The minimum atomic E-state index is -3.90. The van der Waals surface area contributed by atoms with Gasteiger partial charge in [-0.1, -0.05) is 30.6 Å². The van der Waals surface area contributed by atoms with Crippen LogP contribution in [-0.2, 0) is 16.6 Å². The molecular formula is C15H19ClN4O4S. The Morgan fingerprint density at radius 3 is 2.64 bits per heavy atom. The second kappa shape index (κ2) is 7.42. The van der Waals surface area contributed by atoms with E-state index in [1.54, 1.807) is 13.1 Å². The van der Waals surface area contributed by atoms with Crippen LogP contribution in [0.5, 0.6) is 0 Å². The highest BCUT2D eigenvalue weighted by molar-refractivity contribution is 7.89. The van der Waals surface area contributed by atoms with Gasteiger partial charge in [-0.25, -0.2) is 18.4 Å². The van der Waals surface area contributed by atoms with Crippen LogP contribution in [0.4, 0.5) is 10.5 Å². The Morgan fingerprint density at radius 1 is 1.40 bits per heavy atom. The Balaban J connectivity index is 2.10. The van der Waals surface area contributed by atoms with Crippen LogP contribution >= 0.6 is 11.6 Å². The molecule has 0 spiro atoms. The van der Waals surface area contributed by atoms with Gasteiger partial charge in [0.1, 0.15) is 11.5 Å². The number of primary sulfonamides is 1. The summed E-state index contributed by atoms with van der Waals surface area (Å²) >= 11 is 6.00. The molecule has 0 saturated carbocycles. The molecule has 0 fully saturated rings. The van der Waals surface area contributed by atoms with Gasteiger partial charge in [0.25, 0.3) is 0 Å². The maximum atomic E-state index is 12.3. The number of hydrogen-bond donors (Lipinski definition) is 2. The molecule has 1 heterocycles. The molecule has 0 atom stereocenters. The summed E-state index contributed by atoms with van der Waals surface area (Å²) in [5.74, 6) is 0.924. The van der Waals surface area contributed by atoms with Crippen molar-refractivity contribution in [3.8, 4) is 0 Å². The standard InChI is InChI=1S/C15H19ClN4O4S/c1-9(2)14-6-10(19-24-14)8-20(3)15(21)18-13-7-11(25(17,22)23)4-5-12(13)16/h4-7,9H,8H2,1-3H3,(H,18,21)(H2,17,22,23). The Bertz CT molecular complexity index is 879. The fourth-order valence-electron chi connectivity index (χ4n) is 1.98. The zero-order valence-corrected chi connectivity index (χ0v) is 15.6. The van der Waals surface area contributed by atoms with Crippen LogP contribution in [0.1, 0.15) is 31.2 Å². The zero-order valence-electron chi connectivity index (χ0n) is 14.0. The minimum Gasteiger partial charge on any atom is -0.361 e. The molecule has 0 saturated heterocycles. The molecule has 10 heteroatoms. The number of carbonyl (C=O) groups excluding carboxylic acids is 1. The number of nitrogens with zero attached hydrogens (tertiary/aromatic N) is 2. The van der Waals surface area contributed by atoms with Crippen molar-refractivity contribution in [2.45, 2.75) is 31.2 Å². The van der Waals surface area contributed by atoms with E-state index in [4.69, 9.17) is 21.3 Å². The molecule has 1 aromatic heterocycles. The molecule has 1 aromatic carbocycles. The van der Waals surface area contributed by atoms with E-state index in [1.807, 2.05) is 13.8 Å². The second-order valence-corrected chi connectivity index (χ2v) is 7.82. The predicted molar refractivity (Wildman–Crippen MR) is 93.9 cm³/mol. The lowest BCUT2D eigenvalue weighted by Gasteiger charge is -2.17. The van der Waals surface area contributed by atoms with E-state index in [-0.39, 0.29) is 28.1 Å². The summed E-state index contributed by atoms with van der Waals surface area (Å²) in [6.07, 6.45) is 0. The van der Waals surface area contributed by atoms with E-state index in [2.05, 4.69) is 10.5 Å². The van der Waals surface area contributed by atoms with Gasteiger partial charge in [-0.2, -0.15) is 0 Å². The normalized spacial score (nSPS) is 11.6. The van der Waals surface area contributed by atoms with Crippen LogP contribution in [0.2, 0.25) is 5.02 Å². The van der Waals surface area contributed by atoms with Crippen LogP contribution in [0.25, 0.3) is 0 Å². The van der Waals surface area contributed by atoms with Crippen LogP contribution in [0.15, 0.2) is 33.7 Å². The zero-order chi connectivity index (χ0) is 18.8. The molecule has 0 aliphatic heterocycles. The molecule has 0 bridgehead atoms. The maximum absolute atomic E-state index is 12.3. The lowest BCUT2D eigenvalue weighted by molar-refractivity contribution is 0.219. The van der Waals surface area contributed by atoms with Crippen molar-refractivity contribution in [1.29, 1.82) is 0 Å². The number of hydrogen-bond acceptors (Lipinski definition) is 5. The molecule has 2 amide bonds. The molecule has 2 aromatic rings. The van der Waals surface area contributed by atoms with Crippen LogP contribution in [0.3, 0.4) is 0 Å². The first-order chi connectivity index (χ1) is 11.6. The smallest absolute Gasteiger partial charge is 0.321 e. The van der Waals surface area contributed by atoms with Gasteiger partial charge < -0.3 is 14.7 Å². The van der Waals surface area contributed by atoms with Crippen molar-refractivity contribution in [3.63, 3.8) is 0 Å². The van der Waals surface area contributed by atoms with Crippen molar-refractivity contribution < 1.29 is 17.7 Å². The molecule has 2 rings (SSSR count). The summed E-state index contributed by atoms with van der Waals surface area (Å²) in [5, 5.41) is 11.7. The third-order valence-electron chi connectivity index (χ3n) is 3.40. The minimum absolute atomic E-state index is 0.145. The van der Waals surface area contributed by atoms with E-state index in [1.165, 1.54) is 23.1 Å². The van der Waals surface area contributed by atoms with Gasteiger partial charge in [0.15, 0.2) is 0 Å². The molecular weight excluding hydrogens is 368 g/mol. The summed E-state index contributed by atoms with van der Waals surface area (Å²) in [6.45, 7) is 4.16. The van der Waals surface area contributed by atoms with Crippen LogP contribution < -0.4 is 10.5 Å². The fraction of sp³-hybridized carbons (Fsp3) is 0.333. The molecule has 25 heavy (non-hydrogen) atoms. The Labute approximate surface area is 151 Å². The molecule has 136 valence electrons. The van der Waals surface area contributed by atoms with E-state index in [9.17, 15) is 13.2 Å². The van der Waals surface area contributed by atoms with Gasteiger partial charge in [0.2, 0.25) is 10.0 Å². The van der Waals surface area contributed by atoms with E-state index in [0.717, 1.165) is 5.76 Å². The van der Waals surface area contributed by atoms with Gasteiger partial charge in [-0.15, -0.1) is 0 Å². The topological polar surface area (TPSA) is 119 Å². The number of amides is 2. The van der Waals surface area contributed by atoms with E-state index >= 15 is 0 Å². The van der Waals surface area contributed by atoms with Crippen molar-refractivity contribution in [2.24, 2.45) is 5.14 Å². The molecule has 0 aliphatic carbocycles. The third-order valence-corrected chi connectivity index (χ3v) is 4.64. The summed E-state index contributed by atoms with van der Waals surface area (Å²) < 4.78 is 28.0. The first kappa shape index (κ1) is 19.2. The van der Waals surface area contributed by atoms with Gasteiger partial charge in [0, 0.05) is 19.0 Å². The first-order valence-electron chi connectivity index (χ1n) is 7.38. The number of sulfonamides is 1. The number of carbonyl (C=O) groups is 1. The number of benzene rings is 1. The highest BCUT2D eigenvalue weighted by atomic mass is 35.5. The fourth-order valence-corrected chi connectivity index (χ4v) is 2.68. The van der Waals surface area contributed by atoms with Crippen molar-refractivity contribution in [2.75, 3.05) is 12.4 Å². The third kappa shape index (κ3) is 4.94. The summed E-state index contributed by atoms with van der Waals surface area (Å²) in [6, 6.07) is 5.12. The van der Waals surface area contributed by atoms with Crippen molar-refractivity contribution in [3.05, 3.63) is 40.7 Å². The number of rotatable bonds is 5. The average molecular weight is 387 g/mol. The van der Waals surface area contributed by atoms with Gasteiger partial charge in [-0.05, 0) is 18.2 Å². The Hall–Kier alpha value is -2.10. The number of anilines is 1. The summed E-state index contributed by atoms with van der Waals surface area (Å²) in [5.41, 5.74) is 0.749. The monoisotopic (exact) mass is 386 g/mol. The SMILES string of the molecule is CC(C)c1cc(CN(C)C(=O)Nc2cc(S(N)(=O)=O)ccc2Cl)no1. The highest BCUT2D eigenvalue weighted by Gasteiger charge is 2.16. The number of urea groups is 1. The predicted octanol–water partition coefficient (Wildman–Crippen LogP) is 2.76. The highest BCUT2D eigenvalue weighted by Crippen LogP contribution is 2.25. The van der Waals surface area contributed by atoms with E-state index < -0.39 is 16.1 Å². The molecule has 0 unspecified atom stereocenters. The molecule has 0 aliphatic rings. The number of nitrogens with one attached hydrogen (secondary N) is 1. The Morgan fingerprint density at radius 2 is 2.08 bits per heavy atom. The van der Waals surface area contributed by atoms with Crippen molar-refractivity contribution >= 4 is 33.3 Å². The average Bonchev–Trinajstić information content (AvgIpc) is 2.97. The van der Waals surface area contributed by atoms with Gasteiger partial charge in [-0.3, -0.25) is 0 Å². The summed E-state index contributed by atoms with van der Waals surface area (Å²) in [4.78, 5) is 13.5. The lowest BCUT2D eigenvalue weighted by Crippen LogP contribution is -2.31.